The van der Waals surface area contributed by atoms with Gasteiger partial charge >= 0.3 is 0 Å². The molecule has 0 aromatic heterocycles. The van der Waals surface area contributed by atoms with Crippen LogP contribution in [0.2, 0.25) is 0 Å². The molecule has 0 radical (unpaired) electrons. The van der Waals surface area contributed by atoms with Crippen molar-refractivity contribution in [3.8, 4) is 0 Å². The minimum atomic E-state index is 0.157. The summed E-state index contributed by atoms with van der Waals surface area (Å²) in [4.78, 5) is 31.4. The molecular formula is C23H45N3O4. The second-order valence-electron chi connectivity index (χ2n) is 9.14. The van der Waals surface area contributed by atoms with Crippen LogP contribution >= 0.6 is 0 Å². The quantitative estimate of drug-likeness (QED) is 0.426. The Kier molecular flexibility index (Phi) is 13.2. The standard InChI is InChI=1S/C23H45N3O4/c1-19(17-22(27)25-11-9-21(10-12-25)24(3)4)7-8-20(2)18-23(28)26(13-15-29-5)14-16-30-6/h19-21H,7-18H2,1-6H3. The lowest BCUT2D eigenvalue weighted by atomic mass is 9.93. The number of likely N-dealkylation sites (tertiary alicyclic amines) is 1. The van der Waals surface area contributed by atoms with E-state index < -0.39 is 0 Å². The van der Waals surface area contributed by atoms with E-state index >= 15 is 0 Å². The number of amides is 2. The van der Waals surface area contributed by atoms with Crippen LogP contribution in [-0.4, -0.2) is 100 Å². The summed E-state index contributed by atoms with van der Waals surface area (Å²) in [6.45, 7) is 8.30. The molecule has 1 fully saturated rings. The van der Waals surface area contributed by atoms with Gasteiger partial charge in [0, 0.05) is 59.3 Å². The average molecular weight is 428 g/mol. The Morgan fingerprint density at radius 3 is 1.90 bits per heavy atom. The predicted octanol–water partition coefficient (Wildman–Crippen LogP) is 2.49. The summed E-state index contributed by atoms with van der Waals surface area (Å²) >= 11 is 0. The van der Waals surface area contributed by atoms with E-state index in [0.29, 0.717) is 57.0 Å². The lowest BCUT2D eigenvalue weighted by Gasteiger charge is -2.35. The van der Waals surface area contributed by atoms with E-state index in [1.165, 1.54) is 0 Å². The van der Waals surface area contributed by atoms with Crippen molar-refractivity contribution in [2.45, 2.75) is 58.4 Å². The van der Waals surface area contributed by atoms with Gasteiger partial charge in [0.05, 0.1) is 13.2 Å². The lowest BCUT2D eigenvalue weighted by Crippen LogP contribution is -2.44. The molecule has 7 heteroatoms. The first-order chi connectivity index (χ1) is 14.3. The van der Waals surface area contributed by atoms with Gasteiger partial charge in [-0.1, -0.05) is 13.8 Å². The third-order valence-corrected chi connectivity index (χ3v) is 6.23. The molecule has 0 aromatic rings. The number of methoxy groups -OCH3 is 2. The van der Waals surface area contributed by atoms with Gasteiger partial charge in [0.2, 0.25) is 11.8 Å². The van der Waals surface area contributed by atoms with Crippen LogP contribution in [0.5, 0.6) is 0 Å². The van der Waals surface area contributed by atoms with Gasteiger partial charge in [-0.25, -0.2) is 0 Å². The number of rotatable bonds is 14. The van der Waals surface area contributed by atoms with Crippen molar-refractivity contribution < 1.29 is 19.1 Å². The van der Waals surface area contributed by atoms with Crippen LogP contribution in [0.1, 0.15) is 52.4 Å². The second kappa shape index (κ2) is 14.8. The molecule has 1 saturated heterocycles. The number of carbonyl (C=O) groups excluding carboxylic acids is 2. The molecule has 0 N–H and O–H groups in total. The molecule has 2 unspecified atom stereocenters. The number of ether oxygens (including phenoxy) is 2. The van der Waals surface area contributed by atoms with Crippen molar-refractivity contribution in [3.05, 3.63) is 0 Å². The normalized spacial score (nSPS) is 17.2. The maximum absolute atomic E-state index is 12.6. The van der Waals surface area contributed by atoms with Gasteiger partial charge in [0.1, 0.15) is 0 Å². The van der Waals surface area contributed by atoms with E-state index in [4.69, 9.17) is 9.47 Å². The van der Waals surface area contributed by atoms with E-state index in [-0.39, 0.29) is 11.8 Å². The average Bonchev–Trinajstić information content (AvgIpc) is 2.72. The Morgan fingerprint density at radius 2 is 1.43 bits per heavy atom. The molecule has 0 aliphatic carbocycles. The van der Waals surface area contributed by atoms with E-state index in [2.05, 4.69) is 32.8 Å². The highest BCUT2D eigenvalue weighted by Gasteiger charge is 2.25. The minimum Gasteiger partial charge on any atom is -0.383 e. The fourth-order valence-electron chi connectivity index (χ4n) is 4.02. The van der Waals surface area contributed by atoms with Crippen molar-refractivity contribution in [1.82, 2.24) is 14.7 Å². The van der Waals surface area contributed by atoms with Crippen molar-refractivity contribution in [1.29, 1.82) is 0 Å². The molecule has 1 rings (SSSR count). The Balaban J connectivity index is 2.32. The van der Waals surface area contributed by atoms with Crippen molar-refractivity contribution >= 4 is 11.8 Å². The Bertz CT molecular complexity index is 485. The Hall–Kier alpha value is -1.18. The van der Waals surface area contributed by atoms with Crippen molar-refractivity contribution in [2.24, 2.45) is 11.8 Å². The van der Waals surface area contributed by atoms with E-state index in [1.807, 2.05) is 9.80 Å². The van der Waals surface area contributed by atoms with Crippen molar-refractivity contribution in [3.63, 3.8) is 0 Å². The van der Waals surface area contributed by atoms with Crippen LogP contribution in [0, 0.1) is 11.8 Å². The lowest BCUT2D eigenvalue weighted by molar-refractivity contribution is -0.134. The molecular weight excluding hydrogens is 382 g/mol. The molecule has 7 nitrogen and oxygen atoms in total. The summed E-state index contributed by atoms with van der Waals surface area (Å²) in [5, 5.41) is 0. The highest BCUT2D eigenvalue weighted by molar-refractivity contribution is 5.77. The molecule has 2 amide bonds. The van der Waals surface area contributed by atoms with E-state index in [1.54, 1.807) is 14.2 Å². The van der Waals surface area contributed by atoms with Crippen LogP contribution in [0.25, 0.3) is 0 Å². The SMILES string of the molecule is COCCN(CCOC)C(=O)CC(C)CCC(C)CC(=O)N1CCC(N(C)C)CC1. The van der Waals surface area contributed by atoms with Crippen LogP contribution in [0.4, 0.5) is 0 Å². The first kappa shape index (κ1) is 26.9. The van der Waals surface area contributed by atoms with Gasteiger partial charge in [-0.05, 0) is 51.6 Å². The van der Waals surface area contributed by atoms with Crippen molar-refractivity contribution in [2.75, 3.05) is 67.7 Å². The summed E-state index contributed by atoms with van der Waals surface area (Å²) in [6.07, 6.45) is 5.22. The van der Waals surface area contributed by atoms with E-state index in [9.17, 15) is 9.59 Å². The molecule has 1 aliphatic rings. The van der Waals surface area contributed by atoms with Crippen LogP contribution in [0.15, 0.2) is 0 Å². The molecule has 0 bridgehead atoms. The molecule has 176 valence electrons. The fourth-order valence-corrected chi connectivity index (χ4v) is 4.02. The first-order valence-electron chi connectivity index (χ1n) is 11.5. The van der Waals surface area contributed by atoms with Gasteiger partial charge in [0.25, 0.3) is 0 Å². The summed E-state index contributed by atoms with van der Waals surface area (Å²) < 4.78 is 10.2. The molecule has 30 heavy (non-hydrogen) atoms. The van der Waals surface area contributed by atoms with Gasteiger partial charge in [-0.2, -0.15) is 0 Å². The number of hydrogen-bond donors (Lipinski definition) is 0. The maximum atomic E-state index is 12.6. The van der Waals surface area contributed by atoms with Crippen LogP contribution in [0.3, 0.4) is 0 Å². The topological polar surface area (TPSA) is 62.3 Å². The van der Waals surface area contributed by atoms with Gasteiger partial charge in [-0.15, -0.1) is 0 Å². The summed E-state index contributed by atoms with van der Waals surface area (Å²) in [6, 6.07) is 0.595. The molecule has 2 atom stereocenters. The summed E-state index contributed by atoms with van der Waals surface area (Å²) in [7, 11) is 7.53. The van der Waals surface area contributed by atoms with Gasteiger partial charge < -0.3 is 24.2 Å². The van der Waals surface area contributed by atoms with Crippen LogP contribution < -0.4 is 0 Å². The highest BCUT2D eigenvalue weighted by Crippen LogP contribution is 2.21. The van der Waals surface area contributed by atoms with E-state index in [0.717, 1.165) is 38.8 Å². The number of hydrogen-bond acceptors (Lipinski definition) is 5. The predicted molar refractivity (Wildman–Crippen MR) is 120 cm³/mol. The zero-order chi connectivity index (χ0) is 22.5. The smallest absolute Gasteiger partial charge is 0.222 e. The Morgan fingerprint density at radius 1 is 0.933 bits per heavy atom. The monoisotopic (exact) mass is 427 g/mol. The zero-order valence-corrected chi connectivity index (χ0v) is 20.2. The second-order valence-corrected chi connectivity index (χ2v) is 9.14. The highest BCUT2D eigenvalue weighted by atomic mass is 16.5. The molecule has 1 aliphatic heterocycles. The third-order valence-electron chi connectivity index (χ3n) is 6.23. The minimum absolute atomic E-state index is 0.157. The fraction of sp³-hybridized carbons (Fsp3) is 0.913. The van der Waals surface area contributed by atoms with Gasteiger partial charge in [-0.3, -0.25) is 9.59 Å². The summed E-state index contributed by atoms with van der Waals surface area (Å²) in [5.74, 6) is 1.09. The van der Waals surface area contributed by atoms with Crippen LogP contribution in [-0.2, 0) is 19.1 Å². The number of carbonyl (C=O) groups is 2. The third kappa shape index (κ3) is 10.2. The Labute approximate surface area is 184 Å². The molecule has 0 spiro atoms. The zero-order valence-electron chi connectivity index (χ0n) is 20.2. The molecule has 0 aromatic carbocycles. The van der Waals surface area contributed by atoms with Gasteiger partial charge in [0.15, 0.2) is 0 Å². The number of piperidine rings is 1. The first-order valence-corrected chi connectivity index (χ1v) is 11.5. The molecule has 1 heterocycles. The largest absolute Gasteiger partial charge is 0.383 e. The number of nitrogens with zero attached hydrogens (tertiary/aromatic N) is 3. The molecule has 0 saturated carbocycles. The summed E-state index contributed by atoms with van der Waals surface area (Å²) in [5.41, 5.74) is 0. The maximum Gasteiger partial charge on any atom is 0.222 e.